The Morgan fingerprint density at radius 3 is 2.38 bits per heavy atom. The molecule has 4 nitrogen and oxygen atoms in total. The van der Waals surface area contributed by atoms with Gasteiger partial charge in [-0.1, -0.05) is 63.7 Å². The fourth-order valence-corrected chi connectivity index (χ4v) is 2.17. The highest BCUT2D eigenvalue weighted by atomic mass is 16.6. The molecule has 0 fully saturated rings. The molecule has 4 heteroatoms. The normalized spacial score (nSPS) is 17.0. The van der Waals surface area contributed by atoms with Gasteiger partial charge in [0.15, 0.2) is 5.78 Å². The van der Waals surface area contributed by atoms with Crippen LogP contribution in [0.1, 0.15) is 58.3 Å². The SMILES string of the molecule is CCCCCCCCCC(=O)OC(=O)C1C=CC=CC1=O. The van der Waals surface area contributed by atoms with E-state index in [1.807, 2.05) is 0 Å². The van der Waals surface area contributed by atoms with Gasteiger partial charge in [0.05, 0.1) is 0 Å². The molecule has 0 saturated carbocycles. The van der Waals surface area contributed by atoms with E-state index in [1.54, 1.807) is 12.2 Å². The largest absolute Gasteiger partial charge is 0.392 e. The van der Waals surface area contributed by atoms with E-state index in [2.05, 4.69) is 6.92 Å². The number of carbonyl (C=O) groups is 3. The number of ketones is 1. The molecule has 0 heterocycles. The van der Waals surface area contributed by atoms with Gasteiger partial charge in [0.25, 0.3) is 0 Å². The van der Waals surface area contributed by atoms with Crippen LogP contribution in [0.25, 0.3) is 0 Å². The van der Waals surface area contributed by atoms with Gasteiger partial charge in [-0.05, 0) is 12.5 Å². The van der Waals surface area contributed by atoms with Crippen molar-refractivity contribution < 1.29 is 19.1 Å². The van der Waals surface area contributed by atoms with Crippen molar-refractivity contribution in [3.8, 4) is 0 Å². The molecule has 21 heavy (non-hydrogen) atoms. The predicted molar refractivity (Wildman–Crippen MR) is 80.5 cm³/mol. The maximum absolute atomic E-state index is 11.7. The highest BCUT2D eigenvalue weighted by molar-refractivity contribution is 6.09. The molecule has 0 aliphatic heterocycles. The van der Waals surface area contributed by atoms with Crippen LogP contribution in [0, 0.1) is 5.92 Å². The van der Waals surface area contributed by atoms with E-state index in [1.165, 1.54) is 37.8 Å². The van der Waals surface area contributed by atoms with Crippen molar-refractivity contribution in [2.24, 2.45) is 5.92 Å². The summed E-state index contributed by atoms with van der Waals surface area (Å²) < 4.78 is 4.72. The summed E-state index contributed by atoms with van der Waals surface area (Å²) in [4.78, 5) is 34.7. The van der Waals surface area contributed by atoms with Crippen molar-refractivity contribution in [2.75, 3.05) is 0 Å². The number of carbonyl (C=O) groups excluding carboxylic acids is 3. The van der Waals surface area contributed by atoms with Crippen molar-refractivity contribution in [1.29, 1.82) is 0 Å². The first-order valence-corrected chi connectivity index (χ1v) is 7.78. The zero-order chi connectivity index (χ0) is 15.5. The van der Waals surface area contributed by atoms with Gasteiger partial charge in [-0.3, -0.25) is 14.4 Å². The lowest BCUT2D eigenvalue weighted by Crippen LogP contribution is -2.26. The first kappa shape index (κ1) is 17.3. The first-order chi connectivity index (χ1) is 10.1. The summed E-state index contributed by atoms with van der Waals surface area (Å²) in [7, 11) is 0. The van der Waals surface area contributed by atoms with E-state index in [-0.39, 0.29) is 12.2 Å². The van der Waals surface area contributed by atoms with Crippen LogP contribution in [-0.4, -0.2) is 17.7 Å². The van der Waals surface area contributed by atoms with Crippen LogP contribution in [0.5, 0.6) is 0 Å². The summed E-state index contributed by atoms with van der Waals surface area (Å²) >= 11 is 0. The predicted octanol–water partition coefficient (Wildman–Crippen LogP) is 3.51. The smallest absolute Gasteiger partial charge is 0.328 e. The number of hydrogen-bond acceptors (Lipinski definition) is 4. The van der Waals surface area contributed by atoms with E-state index in [9.17, 15) is 14.4 Å². The first-order valence-electron chi connectivity index (χ1n) is 7.78. The molecule has 0 saturated heterocycles. The van der Waals surface area contributed by atoms with Crippen molar-refractivity contribution in [2.45, 2.75) is 58.3 Å². The van der Waals surface area contributed by atoms with Crippen LogP contribution in [0.3, 0.4) is 0 Å². The number of ether oxygens (including phenoxy) is 1. The molecular formula is C17H24O4. The molecule has 0 bridgehead atoms. The van der Waals surface area contributed by atoms with Crippen molar-refractivity contribution in [3.63, 3.8) is 0 Å². The van der Waals surface area contributed by atoms with Crippen LogP contribution in [0.4, 0.5) is 0 Å². The van der Waals surface area contributed by atoms with Gasteiger partial charge in [0.2, 0.25) is 0 Å². The quantitative estimate of drug-likeness (QED) is 0.371. The zero-order valence-electron chi connectivity index (χ0n) is 12.7. The summed E-state index contributed by atoms with van der Waals surface area (Å²) in [6, 6.07) is 0. The Balaban J connectivity index is 2.13. The maximum Gasteiger partial charge on any atom is 0.328 e. The summed E-state index contributed by atoms with van der Waals surface area (Å²) in [5, 5.41) is 0. The number of rotatable bonds is 9. The molecule has 1 rings (SSSR count). The van der Waals surface area contributed by atoms with E-state index >= 15 is 0 Å². The van der Waals surface area contributed by atoms with E-state index in [0.29, 0.717) is 0 Å². The van der Waals surface area contributed by atoms with Gasteiger partial charge in [0, 0.05) is 6.42 Å². The lowest BCUT2D eigenvalue weighted by molar-refractivity contribution is -0.162. The molecule has 0 aromatic carbocycles. The van der Waals surface area contributed by atoms with Crippen LogP contribution in [0.2, 0.25) is 0 Å². The third-order valence-corrected chi connectivity index (χ3v) is 3.43. The molecular weight excluding hydrogens is 268 g/mol. The Hall–Kier alpha value is -1.71. The van der Waals surface area contributed by atoms with Gasteiger partial charge in [-0.2, -0.15) is 0 Å². The molecule has 116 valence electrons. The van der Waals surface area contributed by atoms with Crippen molar-refractivity contribution in [3.05, 3.63) is 24.3 Å². The number of allylic oxidation sites excluding steroid dienone is 3. The molecule has 1 aliphatic rings. The molecule has 1 atom stereocenters. The topological polar surface area (TPSA) is 60.4 Å². The molecule has 0 radical (unpaired) electrons. The number of unbranched alkanes of at least 4 members (excludes halogenated alkanes) is 6. The summed E-state index contributed by atoms with van der Waals surface area (Å²) in [6.07, 6.45) is 13.9. The second-order valence-electron chi connectivity index (χ2n) is 5.29. The Kier molecular flexibility index (Phi) is 8.32. The highest BCUT2D eigenvalue weighted by Crippen LogP contribution is 2.12. The second kappa shape index (κ2) is 10.1. The lowest BCUT2D eigenvalue weighted by atomic mass is 10.00. The third kappa shape index (κ3) is 7.02. The minimum Gasteiger partial charge on any atom is -0.392 e. The minimum absolute atomic E-state index is 0.236. The summed E-state index contributed by atoms with van der Waals surface area (Å²) in [5.74, 6) is -2.61. The van der Waals surface area contributed by atoms with Gasteiger partial charge in [0.1, 0.15) is 5.92 Å². The number of hydrogen-bond donors (Lipinski definition) is 0. The van der Waals surface area contributed by atoms with Gasteiger partial charge in [-0.15, -0.1) is 0 Å². The lowest BCUT2D eigenvalue weighted by Gasteiger charge is -2.10. The Bertz CT molecular complexity index is 421. The fourth-order valence-electron chi connectivity index (χ4n) is 2.17. The molecule has 0 aromatic heterocycles. The van der Waals surface area contributed by atoms with E-state index in [4.69, 9.17) is 4.74 Å². The van der Waals surface area contributed by atoms with Crippen LogP contribution < -0.4 is 0 Å². The monoisotopic (exact) mass is 292 g/mol. The molecule has 1 aliphatic carbocycles. The average Bonchev–Trinajstić information content (AvgIpc) is 2.46. The standard InChI is InChI=1S/C17H24O4/c1-2-3-4-5-6-7-8-13-16(19)21-17(20)14-11-9-10-12-15(14)18/h9-12,14H,2-8,13H2,1H3. The zero-order valence-corrected chi connectivity index (χ0v) is 12.7. The summed E-state index contributed by atoms with van der Waals surface area (Å²) in [5.41, 5.74) is 0. The molecule has 0 aromatic rings. The summed E-state index contributed by atoms with van der Waals surface area (Å²) in [6.45, 7) is 2.18. The van der Waals surface area contributed by atoms with Crippen LogP contribution >= 0.6 is 0 Å². The maximum atomic E-state index is 11.7. The van der Waals surface area contributed by atoms with Crippen LogP contribution in [-0.2, 0) is 19.1 Å². The molecule has 0 amide bonds. The number of esters is 2. The van der Waals surface area contributed by atoms with E-state index in [0.717, 1.165) is 19.3 Å². The van der Waals surface area contributed by atoms with E-state index < -0.39 is 17.9 Å². The molecule has 1 unspecified atom stereocenters. The average molecular weight is 292 g/mol. The van der Waals surface area contributed by atoms with Crippen molar-refractivity contribution in [1.82, 2.24) is 0 Å². The Morgan fingerprint density at radius 2 is 1.71 bits per heavy atom. The fraction of sp³-hybridized carbons (Fsp3) is 0.588. The van der Waals surface area contributed by atoms with Crippen molar-refractivity contribution >= 4 is 17.7 Å². The third-order valence-electron chi connectivity index (χ3n) is 3.43. The van der Waals surface area contributed by atoms with Gasteiger partial charge in [-0.25, -0.2) is 0 Å². The molecule has 0 N–H and O–H groups in total. The highest BCUT2D eigenvalue weighted by Gasteiger charge is 2.26. The Morgan fingerprint density at radius 1 is 1.05 bits per heavy atom. The van der Waals surface area contributed by atoms with Gasteiger partial charge >= 0.3 is 11.9 Å². The van der Waals surface area contributed by atoms with Crippen LogP contribution in [0.15, 0.2) is 24.3 Å². The minimum atomic E-state index is -0.965. The second-order valence-corrected chi connectivity index (χ2v) is 5.29. The van der Waals surface area contributed by atoms with Gasteiger partial charge < -0.3 is 4.74 Å². The molecule has 0 spiro atoms. The Labute approximate surface area is 126 Å².